The number of fused-ring (bicyclic) bond motifs is 1. The van der Waals surface area contributed by atoms with Crippen LogP contribution in [0.5, 0.6) is 11.6 Å². The lowest BCUT2D eigenvalue weighted by Gasteiger charge is -2.10. The molecule has 2 aromatic carbocycles. The van der Waals surface area contributed by atoms with Gasteiger partial charge in [0.2, 0.25) is 5.88 Å². The zero-order valence-corrected chi connectivity index (χ0v) is 13.9. The fourth-order valence-corrected chi connectivity index (χ4v) is 3.03. The van der Waals surface area contributed by atoms with Gasteiger partial charge in [0.1, 0.15) is 5.75 Å². The van der Waals surface area contributed by atoms with Crippen molar-refractivity contribution in [3.05, 3.63) is 63.2 Å². The number of aromatic nitrogens is 1. The first kappa shape index (κ1) is 13.6. The van der Waals surface area contributed by atoms with Crippen LogP contribution in [0.2, 0.25) is 0 Å². The monoisotopic (exact) mass is 391 g/mol. The molecule has 0 atom stereocenters. The fourth-order valence-electron chi connectivity index (χ4n) is 2.05. The molecule has 0 saturated heterocycles. The highest BCUT2D eigenvalue weighted by Gasteiger charge is 2.08. The van der Waals surface area contributed by atoms with E-state index in [0.29, 0.717) is 5.88 Å². The minimum absolute atomic E-state index is 0.620. The van der Waals surface area contributed by atoms with Crippen LogP contribution in [0.4, 0.5) is 0 Å². The van der Waals surface area contributed by atoms with Crippen molar-refractivity contribution in [2.75, 3.05) is 0 Å². The summed E-state index contributed by atoms with van der Waals surface area (Å²) in [5.74, 6) is 1.43. The number of ether oxygens (including phenoxy) is 1. The molecule has 100 valence electrons. The number of halogens is 2. The quantitative estimate of drug-likeness (QED) is 0.544. The van der Waals surface area contributed by atoms with E-state index >= 15 is 0 Å². The van der Waals surface area contributed by atoms with Crippen molar-refractivity contribution < 1.29 is 4.74 Å². The summed E-state index contributed by atoms with van der Waals surface area (Å²) in [4.78, 5) is 4.35. The molecule has 0 aliphatic rings. The van der Waals surface area contributed by atoms with Crippen molar-refractivity contribution in [2.24, 2.45) is 0 Å². The summed E-state index contributed by atoms with van der Waals surface area (Å²) < 4.78 is 8.05. The molecule has 0 aliphatic carbocycles. The van der Waals surface area contributed by atoms with Gasteiger partial charge in [0, 0.05) is 25.9 Å². The van der Waals surface area contributed by atoms with E-state index in [0.717, 1.165) is 31.0 Å². The predicted molar refractivity (Wildman–Crippen MR) is 88.4 cm³/mol. The van der Waals surface area contributed by atoms with Crippen LogP contribution in [0.15, 0.2) is 57.6 Å². The van der Waals surface area contributed by atoms with Crippen molar-refractivity contribution in [2.45, 2.75) is 6.92 Å². The molecule has 3 rings (SSSR count). The van der Waals surface area contributed by atoms with Crippen LogP contribution in [0.25, 0.3) is 10.8 Å². The van der Waals surface area contributed by atoms with Crippen LogP contribution in [-0.4, -0.2) is 4.98 Å². The summed E-state index contributed by atoms with van der Waals surface area (Å²) in [7, 11) is 0. The van der Waals surface area contributed by atoms with E-state index in [1.165, 1.54) is 0 Å². The van der Waals surface area contributed by atoms with Crippen molar-refractivity contribution in [1.82, 2.24) is 4.98 Å². The highest BCUT2D eigenvalue weighted by molar-refractivity contribution is 9.11. The maximum absolute atomic E-state index is 5.98. The van der Waals surface area contributed by atoms with Gasteiger partial charge in [0.25, 0.3) is 0 Å². The van der Waals surface area contributed by atoms with Crippen LogP contribution in [0.1, 0.15) is 5.56 Å². The number of rotatable bonds is 2. The summed E-state index contributed by atoms with van der Waals surface area (Å²) in [6, 6.07) is 13.9. The number of nitrogens with zero attached hydrogens (tertiary/aromatic N) is 1. The van der Waals surface area contributed by atoms with Crippen molar-refractivity contribution in [3.8, 4) is 11.6 Å². The summed E-state index contributed by atoms with van der Waals surface area (Å²) >= 11 is 7.00. The Kier molecular flexibility index (Phi) is 3.76. The minimum atomic E-state index is 0.620. The maximum atomic E-state index is 5.98. The van der Waals surface area contributed by atoms with E-state index in [4.69, 9.17) is 4.74 Å². The maximum Gasteiger partial charge on any atom is 0.227 e. The molecule has 3 aromatic rings. The molecule has 0 spiro atoms. The third-order valence-corrected chi connectivity index (χ3v) is 4.24. The average Bonchev–Trinajstić information content (AvgIpc) is 2.43. The first-order valence-electron chi connectivity index (χ1n) is 6.12. The second-order valence-corrected chi connectivity index (χ2v) is 6.23. The van der Waals surface area contributed by atoms with E-state index in [9.17, 15) is 0 Å². The number of aryl methyl sites for hydroxylation is 1. The van der Waals surface area contributed by atoms with Crippen LogP contribution in [-0.2, 0) is 0 Å². The first-order valence-corrected chi connectivity index (χ1v) is 7.71. The zero-order valence-electron chi connectivity index (χ0n) is 10.7. The molecular weight excluding hydrogens is 382 g/mol. The molecule has 0 aliphatic heterocycles. The molecule has 0 fully saturated rings. The molecule has 0 saturated carbocycles. The van der Waals surface area contributed by atoms with E-state index in [2.05, 4.69) is 36.8 Å². The summed E-state index contributed by atoms with van der Waals surface area (Å²) in [5, 5.41) is 2.08. The van der Waals surface area contributed by atoms with Crippen molar-refractivity contribution in [1.29, 1.82) is 0 Å². The molecule has 1 aromatic heterocycles. The Bertz CT molecular complexity index is 787. The Labute approximate surface area is 134 Å². The second kappa shape index (κ2) is 5.54. The molecular formula is C16H11Br2NO. The number of pyridine rings is 1. The lowest BCUT2D eigenvalue weighted by atomic mass is 10.2. The molecule has 1 heterocycles. The highest BCUT2D eigenvalue weighted by atomic mass is 79.9. The first-order chi connectivity index (χ1) is 9.65. The number of hydrogen-bond donors (Lipinski definition) is 0. The van der Waals surface area contributed by atoms with Crippen molar-refractivity contribution in [3.63, 3.8) is 0 Å². The fraction of sp³-hybridized carbons (Fsp3) is 0.0625. The van der Waals surface area contributed by atoms with Gasteiger partial charge in [0.05, 0.1) is 0 Å². The summed E-state index contributed by atoms with van der Waals surface area (Å²) in [6.45, 7) is 2.02. The molecule has 0 bridgehead atoms. The van der Waals surface area contributed by atoms with Gasteiger partial charge in [-0.3, -0.25) is 0 Å². The normalized spacial score (nSPS) is 10.8. The third kappa shape index (κ3) is 2.58. The molecule has 0 N–H and O–H groups in total. The number of benzene rings is 2. The predicted octanol–water partition coefficient (Wildman–Crippen LogP) is 5.86. The van der Waals surface area contributed by atoms with E-state index in [-0.39, 0.29) is 0 Å². The van der Waals surface area contributed by atoms with Gasteiger partial charge in [-0.25, -0.2) is 4.98 Å². The number of hydrogen-bond acceptors (Lipinski definition) is 2. The van der Waals surface area contributed by atoms with Gasteiger partial charge < -0.3 is 4.74 Å². The summed E-state index contributed by atoms with van der Waals surface area (Å²) in [6.07, 6.45) is 1.76. The minimum Gasteiger partial charge on any atom is -0.438 e. The van der Waals surface area contributed by atoms with Gasteiger partial charge in [0.15, 0.2) is 0 Å². The van der Waals surface area contributed by atoms with Crippen LogP contribution >= 0.6 is 31.9 Å². The SMILES string of the molecule is Cc1cc(Br)ccc1Oc1nccc2c(Br)cccc12. The van der Waals surface area contributed by atoms with Gasteiger partial charge in [-0.2, -0.15) is 0 Å². The molecule has 20 heavy (non-hydrogen) atoms. The Balaban J connectivity index is 2.09. The second-order valence-electron chi connectivity index (χ2n) is 4.46. The van der Waals surface area contributed by atoms with E-state index in [1.54, 1.807) is 6.20 Å². The Morgan fingerprint density at radius 3 is 2.65 bits per heavy atom. The third-order valence-electron chi connectivity index (χ3n) is 3.06. The highest BCUT2D eigenvalue weighted by Crippen LogP contribution is 2.33. The molecule has 0 radical (unpaired) electrons. The largest absolute Gasteiger partial charge is 0.438 e. The zero-order chi connectivity index (χ0) is 14.1. The van der Waals surface area contributed by atoms with Crippen molar-refractivity contribution >= 4 is 42.6 Å². The van der Waals surface area contributed by atoms with Gasteiger partial charge in [-0.05, 0) is 48.9 Å². The smallest absolute Gasteiger partial charge is 0.227 e. The standard InChI is InChI=1S/C16H11Br2NO/c1-10-9-11(17)5-6-15(10)20-16-13-3-2-4-14(18)12(13)7-8-19-16/h2-9H,1H3. The van der Waals surface area contributed by atoms with Crippen LogP contribution < -0.4 is 4.74 Å². The lowest BCUT2D eigenvalue weighted by molar-refractivity contribution is 0.465. The van der Waals surface area contributed by atoms with Gasteiger partial charge in [-0.15, -0.1) is 0 Å². The van der Waals surface area contributed by atoms with Crippen LogP contribution in [0.3, 0.4) is 0 Å². The Morgan fingerprint density at radius 2 is 1.85 bits per heavy atom. The lowest BCUT2D eigenvalue weighted by Crippen LogP contribution is -1.91. The average molecular weight is 393 g/mol. The summed E-state index contributed by atoms with van der Waals surface area (Å²) in [5.41, 5.74) is 1.06. The van der Waals surface area contributed by atoms with E-state index in [1.807, 2.05) is 49.4 Å². The van der Waals surface area contributed by atoms with E-state index < -0.39 is 0 Å². The molecule has 2 nitrogen and oxygen atoms in total. The molecule has 0 amide bonds. The van der Waals surface area contributed by atoms with Crippen LogP contribution in [0, 0.1) is 6.92 Å². The Hall–Kier alpha value is -1.39. The topological polar surface area (TPSA) is 22.1 Å². The molecule has 4 heteroatoms. The molecule has 0 unspecified atom stereocenters. The van der Waals surface area contributed by atoms with Gasteiger partial charge >= 0.3 is 0 Å². The Morgan fingerprint density at radius 1 is 1.00 bits per heavy atom. The van der Waals surface area contributed by atoms with Gasteiger partial charge in [-0.1, -0.05) is 37.9 Å².